The zero-order chi connectivity index (χ0) is 16.1. The van der Waals surface area contributed by atoms with Crippen molar-refractivity contribution in [1.29, 1.82) is 0 Å². The lowest BCUT2D eigenvalue weighted by molar-refractivity contribution is 0.285. The third-order valence-corrected chi connectivity index (χ3v) is 4.39. The van der Waals surface area contributed by atoms with Crippen LogP contribution in [-0.4, -0.2) is 50.1 Å². The molecule has 0 saturated carbocycles. The third kappa shape index (κ3) is 3.72. The molecule has 0 unspecified atom stereocenters. The van der Waals surface area contributed by atoms with Gasteiger partial charge in [-0.15, -0.1) is 0 Å². The van der Waals surface area contributed by atoms with Gasteiger partial charge in [-0.25, -0.2) is 0 Å². The van der Waals surface area contributed by atoms with Crippen LogP contribution in [0.15, 0.2) is 42.6 Å². The highest BCUT2D eigenvalue weighted by molar-refractivity contribution is 5.69. The highest BCUT2D eigenvalue weighted by atomic mass is 16.5. The molecule has 1 aliphatic rings. The number of hydrogen-bond donors (Lipinski definition) is 0. The molecule has 0 aliphatic carbocycles. The summed E-state index contributed by atoms with van der Waals surface area (Å²) in [6.45, 7) is 12.7. The number of hydrogen-bond acceptors (Lipinski definition) is 3. The molecule has 3 nitrogen and oxygen atoms in total. The molecule has 0 aromatic heterocycles. The minimum Gasteiger partial charge on any atom is -0.497 e. The van der Waals surface area contributed by atoms with Crippen molar-refractivity contribution in [2.24, 2.45) is 5.92 Å². The quantitative estimate of drug-likeness (QED) is 0.800. The smallest absolute Gasteiger partial charge is 0.119 e. The first-order chi connectivity index (χ1) is 10.6. The van der Waals surface area contributed by atoms with Gasteiger partial charge in [-0.3, -0.25) is 0 Å². The van der Waals surface area contributed by atoms with Gasteiger partial charge in [0.15, 0.2) is 0 Å². The summed E-state index contributed by atoms with van der Waals surface area (Å²) in [5, 5.41) is 0. The van der Waals surface area contributed by atoms with Crippen molar-refractivity contribution in [1.82, 2.24) is 9.80 Å². The maximum atomic E-state index is 5.35. The van der Waals surface area contributed by atoms with Crippen molar-refractivity contribution in [2.75, 3.05) is 40.3 Å². The van der Waals surface area contributed by atoms with Gasteiger partial charge in [-0.05, 0) is 44.2 Å². The summed E-state index contributed by atoms with van der Waals surface area (Å²) < 4.78 is 5.35. The number of rotatable bonds is 6. The highest BCUT2D eigenvalue weighted by Crippen LogP contribution is 2.29. The maximum Gasteiger partial charge on any atom is 0.119 e. The minimum absolute atomic E-state index is 0.375. The predicted molar refractivity (Wildman–Crippen MR) is 94.0 cm³/mol. The van der Waals surface area contributed by atoms with Gasteiger partial charge < -0.3 is 14.5 Å². The lowest BCUT2D eigenvalue weighted by Gasteiger charge is -2.35. The Morgan fingerprint density at radius 2 is 2.09 bits per heavy atom. The Morgan fingerprint density at radius 1 is 1.36 bits per heavy atom. The summed E-state index contributed by atoms with van der Waals surface area (Å²) in [5.41, 5.74) is 3.81. The molecule has 0 N–H and O–H groups in total. The summed E-state index contributed by atoms with van der Waals surface area (Å²) in [6.07, 6.45) is 2.38. The molecule has 1 aliphatic heterocycles. The van der Waals surface area contributed by atoms with Crippen molar-refractivity contribution in [3.8, 4) is 5.75 Å². The van der Waals surface area contributed by atoms with E-state index in [1.165, 1.54) is 16.8 Å². The van der Waals surface area contributed by atoms with Gasteiger partial charge in [-0.2, -0.15) is 0 Å². The molecule has 3 heteroatoms. The molecule has 0 fully saturated rings. The molecular formula is C19H28N2O. The predicted octanol–water partition coefficient (Wildman–Crippen LogP) is 3.50. The van der Waals surface area contributed by atoms with Crippen LogP contribution in [-0.2, 0) is 0 Å². The van der Waals surface area contributed by atoms with Gasteiger partial charge in [0.1, 0.15) is 5.75 Å². The Morgan fingerprint density at radius 3 is 2.73 bits per heavy atom. The van der Waals surface area contributed by atoms with E-state index in [0.717, 1.165) is 31.9 Å². The molecule has 1 heterocycles. The van der Waals surface area contributed by atoms with Crippen molar-refractivity contribution < 1.29 is 4.74 Å². The average Bonchev–Trinajstić information content (AvgIpc) is 2.55. The first-order valence-electron chi connectivity index (χ1n) is 8.06. The molecule has 120 valence electrons. The molecule has 0 amide bonds. The van der Waals surface area contributed by atoms with Crippen LogP contribution in [0.4, 0.5) is 0 Å². The lowest BCUT2D eigenvalue weighted by Crippen LogP contribution is -2.36. The molecule has 0 saturated heterocycles. The van der Waals surface area contributed by atoms with Crippen LogP contribution < -0.4 is 4.74 Å². The van der Waals surface area contributed by atoms with Gasteiger partial charge in [0.25, 0.3) is 0 Å². The molecule has 0 radical (unpaired) electrons. The van der Waals surface area contributed by atoms with E-state index in [0.29, 0.717) is 5.92 Å². The zero-order valence-electron chi connectivity index (χ0n) is 14.3. The standard InChI is InChI=1S/C19H28N2O/c1-6-21(7-2)15(3)17-11-18(14-20(4)13-17)16-9-8-10-19(12-16)22-5/h8-12,17H,3,6-7,13-14H2,1-2,4-5H3/t17-/m0/s1. The number of ether oxygens (including phenoxy) is 1. The van der Waals surface area contributed by atoms with Crippen LogP contribution in [0.1, 0.15) is 19.4 Å². The zero-order valence-corrected chi connectivity index (χ0v) is 14.3. The molecule has 1 aromatic rings. The molecule has 1 aromatic carbocycles. The second kappa shape index (κ2) is 7.50. The SMILES string of the molecule is C=C([C@H]1C=C(c2cccc(OC)c2)CN(C)C1)N(CC)CC. The monoisotopic (exact) mass is 300 g/mol. The summed E-state index contributed by atoms with van der Waals surface area (Å²) in [5.74, 6) is 1.28. The maximum absolute atomic E-state index is 5.35. The minimum atomic E-state index is 0.375. The number of nitrogens with zero attached hydrogens (tertiary/aromatic N) is 2. The number of methoxy groups -OCH3 is 1. The fourth-order valence-corrected chi connectivity index (χ4v) is 3.12. The average molecular weight is 300 g/mol. The highest BCUT2D eigenvalue weighted by Gasteiger charge is 2.23. The summed E-state index contributed by atoms with van der Waals surface area (Å²) in [4.78, 5) is 4.72. The van der Waals surface area contributed by atoms with E-state index < -0.39 is 0 Å². The van der Waals surface area contributed by atoms with Crippen LogP contribution in [0.3, 0.4) is 0 Å². The Bertz CT molecular complexity index is 546. The van der Waals surface area contributed by atoms with Crippen LogP contribution in [0.5, 0.6) is 5.75 Å². The van der Waals surface area contributed by atoms with E-state index >= 15 is 0 Å². The molecule has 2 rings (SSSR count). The molecule has 0 bridgehead atoms. The first-order valence-corrected chi connectivity index (χ1v) is 8.06. The summed E-state index contributed by atoms with van der Waals surface area (Å²) in [7, 11) is 3.89. The topological polar surface area (TPSA) is 15.7 Å². The van der Waals surface area contributed by atoms with Crippen molar-refractivity contribution in [2.45, 2.75) is 13.8 Å². The molecule has 0 spiro atoms. The van der Waals surface area contributed by atoms with Crippen molar-refractivity contribution in [3.63, 3.8) is 0 Å². The van der Waals surface area contributed by atoms with E-state index in [-0.39, 0.29) is 0 Å². The number of likely N-dealkylation sites (N-methyl/N-ethyl adjacent to an activating group) is 1. The largest absolute Gasteiger partial charge is 0.497 e. The Balaban J connectivity index is 2.28. The second-order valence-electron chi connectivity index (χ2n) is 5.89. The molecule has 22 heavy (non-hydrogen) atoms. The second-order valence-corrected chi connectivity index (χ2v) is 5.89. The molecular weight excluding hydrogens is 272 g/mol. The van der Waals surface area contributed by atoms with E-state index in [1.807, 2.05) is 6.07 Å². The van der Waals surface area contributed by atoms with E-state index in [9.17, 15) is 0 Å². The third-order valence-electron chi connectivity index (χ3n) is 4.39. The van der Waals surface area contributed by atoms with Crippen molar-refractivity contribution in [3.05, 3.63) is 48.2 Å². The number of benzene rings is 1. The van der Waals surface area contributed by atoms with E-state index in [4.69, 9.17) is 4.74 Å². The van der Waals surface area contributed by atoms with Crippen LogP contribution >= 0.6 is 0 Å². The van der Waals surface area contributed by atoms with Crippen LogP contribution in [0.25, 0.3) is 5.57 Å². The Kier molecular flexibility index (Phi) is 5.67. The Labute approximate surface area is 134 Å². The lowest BCUT2D eigenvalue weighted by atomic mass is 9.92. The van der Waals surface area contributed by atoms with Gasteiger partial charge in [-0.1, -0.05) is 24.8 Å². The van der Waals surface area contributed by atoms with Crippen molar-refractivity contribution >= 4 is 5.57 Å². The fourth-order valence-electron chi connectivity index (χ4n) is 3.12. The fraction of sp³-hybridized carbons (Fsp3) is 0.474. The van der Waals surface area contributed by atoms with Gasteiger partial charge >= 0.3 is 0 Å². The summed E-state index contributed by atoms with van der Waals surface area (Å²) >= 11 is 0. The summed E-state index contributed by atoms with van der Waals surface area (Å²) in [6, 6.07) is 8.31. The first kappa shape index (κ1) is 16.6. The van der Waals surface area contributed by atoms with Crippen LogP contribution in [0, 0.1) is 5.92 Å². The van der Waals surface area contributed by atoms with E-state index in [2.05, 4.69) is 61.5 Å². The van der Waals surface area contributed by atoms with Gasteiger partial charge in [0.05, 0.1) is 7.11 Å². The van der Waals surface area contributed by atoms with E-state index in [1.54, 1.807) is 7.11 Å². The van der Waals surface area contributed by atoms with Crippen LogP contribution in [0.2, 0.25) is 0 Å². The Hall–Kier alpha value is -1.74. The van der Waals surface area contributed by atoms with Gasteiger partial charge in [0.2, 0.25) is 0 Å². The molecule has 1 atom stereocenters. The van der Waals surface area contributed by atoms with Gasteiger partial charge in [0, 0.05) is 37.8 Å². The normalized spacial score (nSPS) is 18.7.